The summed E-state index contributed by atoms with van der Waals surface area (Å²) in [6.45, 7) is 2.37. The van der Waals surface area contributed by atoms with E-state index in [2.05, 4.69) is 10.6 Å². The van der Waals surface area contributed by atoms with E-state index < -0.39 is 0 Å². The number of rotatable bonds is 6. The van der Waals surface area contributed by atoms with Crippen LogP contribution in [0, 0.1) is 0 Å². The summed E-state index contributed by atoms with van der Waals surface area (Å²) in [6, 6.07) is 14.5. The van der Waals surface area contributed by atoms with Gasteiger partial charge in [0, 0.05) is 23.8 Å². The van der Waals surface area contributed by atoms with Gasteiger partial charge < -0.3 is 10.6 Å². The Bertz CT molecular complexity index is 1090. The van der Waals surface area contributed by atoms with Gasteiger partial charge in [0.25, 0.3) is 5.91 Å². The van der Waals surface area contributed by atoms with Gasteiger partial charge in [0.15, 0.2) is 0 Å². The Balaban J connectivity index is 1.47. The Morgan fingerprint density at radius 1 is 1.00 bits per heavy atom. The standard InChI is InChI=1S/C21H22N4O3/c1-2-24-17-5-3-4-6-18(17)25(21(24)28)13-19(26)22-15-9-7-14(8-10-15)20(27)23-16-11-12-16/h3-10,16H,2,11-13H2,1H3,(H,22,26)(H,23,27). The second-order valence-electron chi connectivity index (χ2n) is 6.97. The van der Waals surface area contributed by atoms with Gasteiger partial charge in [-0.3, -0.25) is 18.7 Å². The molecule has 1 aromatic heterocycles. The van der Waals surface area contributed by atoms with Crippen molar-refractivity contribution in [2.75, 3.05) is 5.32 Å². The number of anilines is 1. The number of carbonyl (C=O) groups is 2. The molecule has 2 amide bonds. The Hall–Kier alpha value is -3.35. The summed E-state index contributed by atoms with van der Waals surface area (Å²) in [5, 5.41) is 5.72. The minimum absolute atomic E-state index is 0.0732. The minimum Gasteiger partial charge on any atom is -0.349 e. The first-order valence-electron chi connectivity index (χ1n) is 9.45. The molecule has 0 saturated heterocycles. The molecule has 7 heteroatoms. The number of nitrogens with one attached hydrogen (secondary N) is 2. The average molecular weight is 378 g/mol. The van der Waals surface area contributed by atoms with Crippen LogP contribution in [0.15, 0.2) is 53.3 Å². The number of para-hydroxylation sites is 2. The average Bonchev–Trinajstić information content (AvgIpc) is 3.47. The normalized spacial score (nSPS) is 13.5. The van der Waals surface area contributed by atoms with Crippen LogP contribution in [-0.2, 0) is 17.9 Å². The molecule has 0 unspecified atom stereocenters. The summed E-state index contributed by atoms with van der Waals surface area (Å²) in [7, 11) is 0. The molecule has 1 aliphatic rings. The second-order valence-corrected chi connectivity index (χ2v) is 6.97. The Kier molecular flexibility index (Phi) is 4.73. The third-order valence-electron chi connectivity index (χ3n) is 4.89. The fourth-order valence-electron chi connectivity index (χ4n) is 3.28. The van der Waals surface area contributed by atoms with Crippen molar-refractivity contribution in [2.45, 2.75) is 38.9 Å². The Morgan fingerprint density at radius 3 is 2.25 bits per heavy atom. The number of imidazole rings is 1. The van der Waals surface area contributed by atoms with E-state index in [0.29, 0.717) is 23.8 Å². The van der Waals surface area contributed by atoms with Gasteiger partial charge in [0.1, 0.15) is 6.54 Å². The monoisotopic (exact) mass is 378 g/mol. The van der Waals surface area contributed by atoms with E-state index in [4.69, 9.17) is 0 Å². The number of hydrogen-bond acceptors (Lipinski definition) is 3. The van der Waals surface area contributed by atoms with Gasteiger partial charge in [-0.15, -0.1) is 0 Å². The van der Waals surface area contributed by atoms with Crippen LogP contribution in [0.4, 0.5) is 5.69 Å². The molecule has 0 atom stereocenters. The molecule has 1 heterocycles. The van der Waals surface area contributed by atoms with E-state index in [1.54, 1.807) is 28.8 Å². The molecule has 0 spiro atoms. The largest absolute Gasteiger partial charge is 0.349 e. The van der Waals surface area contributed by atoms with E-state index >= 15 is 0 Å². The van der Waals surface area contributed by atoms with Crippen molar-refractivity contribution in [3.05, 3.63) is 64.6 Å². The summed E-state index contributed by atoms with van der Waals surface area (Å²) < 4.78 is 3.13. The minimum atomic E-state index is -0.295. The smallest absolute Gasteiger partial charge is 0.329 e. The summed E-state index contributed by atoms with van der Waals surface area (Å²) in [6.07, 6.45) is 2.07. The third-order valence-corrected chi connectivity index (χ3v) is 4.89. The first-order chi connectivity index (χ1) is 13.6. The maximum atomic E-state index is 12.6. The molecular weight excluding hydrogens is 356 g/mol. The fourth-order valence-corrected chi connectivity index (χ4v) is 3.28. The number of aryl methyl sites for hydroxylation is 1. The molecular formula is C21H22N4O3. The van der Waals surface area contributed by atoms with Gasteiger partial charge in [-0.05, 0) is 56.2 Å². The Labute approximate surface area is 162 Å². The highest BCUT2D eigenvalue weighted by molar-refractivity contribution is 5.96. The SMILES string of the molecule is CCn1c(=O)n(CC(=O)Nc2ccc(C(=O)NC3CC3)cc2)c2ccccc21. The summed E-state index contributed by atoms with van der Waals surface area (Å²) in [4.78, 5) is 37.1. The maximum absolute atomic E-state index is 12.6. The van der Waals surface area contributed by atoms with Gasteiger partial charge >= 0.3 is 5.69 Å². The first-order valence-corrected chi connectivity index (χ1v) is 9.45. The lowest BCUT2D eigenvalue weighted by Crippen LogP contribution is -2.29. The molecule has 144 valence electrons. The quantitative estimate of drug-likeness (QED) is 0.690. The van der Waals surface area contributed by atoms with E-state index in [-0.39, 0.29) is 24.0 Å². The first kappa shape index (κ1) is 18.0. The van der Waals surface area contributed by atoms with Crippen molar-refractivity contribution in [1.82, 2.24) is 14.5 Å². The van der Waals surface area contributed by atoms with Crippen molar-refractivity contribution < 1.29 is 9.59 Å². The molecule has 2 N–H and O–H groups in total. The van der Waals surface area contributed by atoms with E-state index in [0.717, 1.165) is 23.9 Å². The topological polar surface area (TPSA) is 85.1 Å². The maximum Gasteiger partial charge on any atom is 0.329 e. The van der Waals surface area contributed by atoms with E-state index in [1.165, 1.54) is 4.57 Å². The molecule has 1 saturated carbocycles. The summed E-state index contributed by atoms with van der Waals surface area (Å²) in [5.41, 5.74) is 2.49. The molecule has 0 bridgehead atoms. The predicted octanol–water partition coefficient (Wildman–Crippen LogP) is 2.35. The number of carbonyl (C=O) groups excluding carboxylic acids is 2. The number of nitrogens with zero attached hydrogens (tertiary/aromatic N) is 2. The molecule has 28 heavy (non-hydrogen) atoms. The Morgan fingerprint density at radius 2 is 1.64 bits per heavy atom. The lowest BCUT2D eigenvalue weighted by Gasteiger charge is -2.08. The van der Waals surface area contributed by atoms with Crippen LogP contribution in [0.1, 0.15) is 30.1 Å². The van der Waals surface area contributed by atoms with E-state index in [9.17, 15) is 14.4 Å². The van der Waals surface area contributed by atoms with Crippen molar-refractivity contribution in [3.63, 3.8) is 0 Å². The highest BCUT2D eigenvalue weighted by Gasteiger charge is 2.23. The van der Waals surface area contributed by atoms with Crippen LogP contribution in [0.5, 0.6) is 0 Å². The number of aromatic nitrogens is 2. The number of fused-ring (bicyclic) bond motifs is 1. The van der Waals surface area contributed by atoms with Crippen LogP contribution in [0.25, 0.3) is 11.0 Å². The van der Waals surface area contributed by atoms with Crippen molar-refractivity contribution in [3.8, 4) is 0 Å². The molecule has 7 nitrogen and oxygen atoms in total. The van der Waals surface area contributed by atoms with Crippen LogP contribution < -0.4 is 16.3 Å². The predicted molar refractivity (Wildman–Crippen MR) is 107 cm³/mol. The molecule has 2 aromatic carbocycles. The van der Waals surface area contributed by atoms with Crippen LogP contribution in [0.3, 0.4) is 0 Å². The van der Waals surface area contributed by atoms with Gasteiger partial charge in [-0.25, -0.2) is 4.79 Å². The zero-order valence-corrected chi connectivity index (χ0v) is 15.6. The van der Waals surface area contributed by atoms with Gasteiger partial charge in [0.2, 0.25) is 5.91 Å². The van der Waals surface area contributed by atoms with Crippen molar-refractivity contribution in [1.29, 1.82) is 0 Å². The number of hydrogen-bond donors (Lipinski definition) is 2. The third kappa shape index (κ3) is 3.55. The van der Waals surface area contributed by atoms with Gasteiger partial charge in [-0.1, -0.05) is 12.1 Å². The molecule has 3 aromatic rings. The second kappa shape index (κ2) is 7.34. The highest BCUT2D eigenvalue weighted by atomic mass is 16.2. The zero-order valence-electron chi connectivity index (χ0n) is 15.6. The summed E-state index contributed by atoms with van der Waals surface area (Å²) in [5.74, 6) is -0.393. The molecule has 1 fully saturated rings. The number of benzene rings is 2. The van der Waals surface area contributed by atoms with Gasteiger partial charge in [-0.2, -0.15) is 0 Å². The van der Waals surface area contributed by atoms with Crippen LogP contribution >= 0.6 is 0 Å². The molecule has 4 rings (SSSR count). The van der Waals surface area contributed by atoms with Crippen molar-refractivity contribution >= 4 is 28.5 Å². The molecule has 0 aliphatic heterocycles. The van der Waals surface area contributed by atoms with Gasteiger partial charge in [0.05, 0.1) is 11.0 Å². The fraction of sp³-hybridized carbons (Fsp3) is 0.286. The summed E-state index contributed by atoms with van der Waals surface area (Å²) >= 11 is 0. The molecule has 0 radical (unpaired) electrons. The lowest BCUT2D eigenvalue weighted by atomic mass is 10.2. The van der Waals surface area contributed by atoms with E-state index in [1.807, 2.05) is 31.2 Å². The molecule has 1 aliphatic carbocycles. The number of amides is 2. The zero-order chi connectivity index (χ0) is 19.7. The highest BCUT2D eigenvalue weighted by Crippen LogP contribution is 2.20. The van der Waals surface area contributed by atoms with Crippen molar-refractivity contribution in [2.24, 2.45) is 0 Å². The van der Waals surface area contributed by atoms with Crippen LogP contribution in [0.2, 0.25) is 0 Å². The van der Waals surface area contributed by atoms with Crippen LogP contribution in [-0.4, -0.2) is 27.0 Å². The lowest BCUT2D eigenvalue weighted by molar-refractivity contribution is -0.116.